The molecule has 0 aliphatic rings. The largest absolute Gasteiger partial charge is 0.262 e. The SMILES string of the molecule is Cc1cc(C#N)cc(I)c1S(=O)(=O)Cl. The Morgan fingerprint density at radius 1 is 1.50 bits per heavy atom. The van der Waals surface area contributed by atoms with Crippen LogP contribution in [0.2, 0.25) is 0 Å². The molecule has 0 saturated carbocycles. The van der Waals surface area contributed by atoms with E-state index in [2.05, 4.69) is 0 Å². The normalized spacial score (nSPS) is 11.0. The van der Waals surface area contributed by atoms with Crippen LogP contribution >= 0.6 is 33.3 Å². The predicted octanol–water partition coefficient (Wildman–Crippen LogP) is 2.40. The third kappa shape index (κ3) is 2.38. The van der Waals surface area contributed by atoms with Crippen LogP contribution in [0, 0.1) is 21.8 Å². The van der Waals surface area contributed by atoms with Crippen molar-refractivity contribution in [1.29, 1.82) is 5.26 Å². The van der Waals surface area contributed by atoms with Crippen LogP contribution in [0.1, 0.15) is 11.1 Å². The lowest BCUT2D eigenvalue weighted by Gasteiger charge is -2.04. The van der Waals surface area contributed by atoms with Gasteiger partial charge in [-0.3, -0.25) is 0 Å². The van der Waals surface area contributed by atoms with Gasteiger partial charge >= 0.3 is 0 Å². The van der Waals surface area contributed by atoms with E-state index in [0.717, 1.165) is 0 Å². The van der Waals surface area contributed by atoms with Crippen LogP contribution in [0.5, 0.6) is 0 Å². The van der Waals surface area contributed by atoms with E-state index in [1.54, 1.807) is 6.92 Å². The molecule has 0 N–H and O–H groups in total. The van der Waals surface area contributed by atoms with Crippen molar-refractivity contribution in [2.75, 3.05) is 0 Å². The number of hydrogen-bond acceptors (Lipinski definition) is 3. The number of hydrogen-bond donors (Lipinski definition) is 0. The fourth-order valence-corrected chi connectivity index (χ4v) is 4.48. The number of halogens is 2. The van der Waals surface area contributed by atoms with Crippen LogP contribution < -0.4 is 0 Å². The molecule has 0 aromatic heterocycles. The predicted molar refractivity (Wildman–Crippen MR) is 61.6 cm³/mol. The Morgan fingerprint density at radius 3 is 2.43 bits per heavy atom. The maximum atomic E-state index is 11.2. The average molecular weight is 342 g/mol. The molecule has 0 aliphatic heterocycles. The second-order valence-corrected chi connectivity index (χ2v) is 6.32. The van der Waals surface area contributed by atoms with Crippen molar-refractivity contribution in [3.63, 3.8) is 0 Å². The summed E-state index contributed by atoms with van der Waals surface area (Å²) in [4.78, 5) is 0.0822. The minimum atomic E-state index is -3.73. The fourth-order valence-electron chi connectivity index (χ4n) is 1.10. The molecule has 0 heterocycles. The van der Waals surface area contributed by atoms with Gasteiger partial charge in [0, 0.05) is 14.3 Å². The highest BCUT2D eigenvalue weighted by Crippen LogP contribution is 2.26. The summed E-state index contributed by atoms with van der Waals surface area (Å²) in [7, 11) is 1.52. The monoisotopic (exact) mass is 341 g/mol. The highest BCUT2D eigenvalue weighted by Gasteiger charge is 2.18. The van der Waals surface area contributed by atoms with Gasteiger partial charge in [-0.2, -0.15) is 5.26 Å². The van der Waals surface area contributed by atoms with Crippen molar-refractivity contribution >= 4 is 42.3 Å². The van der Waals surface area contributed by atoms with Crippen LogP contribution in [-0.2, 0) is 9.05 Å². The number of rotatable bonds is 1. The summed E-state index contributed by atoms with van der Waals surface area (Å²) in [6.07, 6.45) is 0. The first-order chi connectivity index (χ1) is 6.36. The van der Waals surface area contributed by atoms with E-state index in [1.165, 1.54) is 12.1 Å². The molecule has 0 amide bonds. The summed E-state index contributed by atoms with van der Waals surface area (Å²) >= 11 is 1.85. The molecule has 0 radical (unpaired) electrons. The third-order valence-corrected chi connectivity index (χ3v) is 4.31. The average Bonchev–Trinajstić information content (AvgIpc) is 1.99. The van der Waals surface area contributed by atoms with Gasteiger partial charge in [0.1, 0.15) is 0 Å². The van der Waals surface area contributed by atoms with Crippen molar-refractivity contribution in [2.45, 2.75) is 11.8 Å². The Labute approximate surface area is 100 Å². The highest BCUT2D eigenvalue weighted by atomic mass is 127. The van der Waals surface area contributed by atoms with Gasteiger partial charge in [-0.25, -0.2) is 8.42 Å². The van der Waals surface area contributed by atoms with Crippen molar-refractivity contribution in [2.24, 2.45) is 0 Å². The molecule has 3 nitrogen and oxygen atoms in total. The second kappa shape index (κ2) is 4.04. The molecule has 0 aliphatic carbocycles. The number of benzene rings is 1. The standard InChI is InChI=1S/C8H5ClINO2S/c1-5-2-6(4-11)3-7(10)8(5)14(9,12)13/h2-3H,1H3. The maximum Gasteiger partial charge on any atom is 0.262 e. The smallest absolute Gasteiger partial charge is 0.207 e. The van der Waals surface area contributed by atoms with Crippen molar-refractivity contribution in [1.82, 2.24) is 0 Å². The minimum Gasteiger partial charge on any atom is -0.207 e. The molecule has 0 unspecified atom stereocenters. The zero-order chi connectivity index (χ0) is 10.9. The lowest BCUT2D eigenvalue weighted by atomic mass is 10.2. The number of aryl methyl sites for hydroxylation is 1. The molecule has 6 heteroatoms. The molecule has 1 rings (SSSR count). The van der Waals surface area contributed by atoms with Crippen LogP contribution in [0.4, 0.5) is 0 Å². The Kier molecular flexibility index (Phi) is 3.40. The first-order valence-corrected chi connectivity index (χ1v) is 6.90. The molecule has 0 saturated heterocycles. The summed E-state index contributed by atoms with van der Waals surface area (Å²) in [5.41, 5.74) is 0.916. The van der Waals surface area contributed by atoms with Gasteiger partial charge in [0.15, 0.2) is 0 Å². The van der Waals surface area contributed by atoms with E-state index in [0.29, 0.717) is 14.7 Å². The van der Waals surface area contributed by atoms with Gasteiger partial charge in [-0.15, -0.1) is 0 Å². The molecular formula is C8H5ClINO2S. The van der Waals surface area contributed by atoms with Gasteiger partial charge < -0.3 is 0 Å². The lowest BCUT2D eigenvalue weighted by molar-refractivity contribution is 0.608. The zero-order valence-corrected chi connectivity index (χ0v) is 10.8. The summed E-state index contributed by atoms with van der Waals surface area (Å²) in [5, 5.41) is 8.64. The Hall–Kier alpha value is -0.320. The van der Waals surface area contributed by atoms with Crippen LogP contribution in [0.3, 0.4) is 0 Å². The third-order valence-electron chi connectivity index (χ3n) is 1.60. The van der Waals surface area contributed by atoms with Crippen LogP contribution in [-0.4, -0.2) is 8.42 Å². The Bertz CT molecular complexity index is 496. The van der Waals surface area contributed by atoms with Gasteiger partial charge in [0.25, 0.3) is 9.05 Å². The first-order valence-electron chi connectivity index (χ1n) is 3.51. The van der Waals surface area contributed by atoms with E-state index in [9.17, 15) is 8.42 Å². The van der Waals surface area contributed by atoms with E-state index in [4.69, 9.17) is 15.9 Å². The van der Waals surface area contributed by atoms with Gasteiger partial charge in [-0.1, -0.05) is 0 Å². The number of nitrogens with zero attached hydrogens (tertiary/aromatic N) is 1. The molecular weight excluding hydrogens is 337 g/mol. The zero-order valence-electron chi connectivity index (χ0n) is 7.08. The summed E-state index contributed by atoms with van der Waals surface area (Å²) < 4.78 is 22.8. The molecule has 1 aromatic rings. The summed E-state index contributed by atoms with van der Waals surface area (Å²) in [6, 6.07) is 4.93. The van der Waals surface area contributed by atoms with Crippen molar-refractivity contribution < 1.29 is 8.42 Å². The van der Waals surface area contributed by atoms with E-state index in [1.807, 2.05) is 28.7 Å². The van der Waals surface area contributed by atoms with Crippen LogP contribution in [0.15, 0.2) is 17.0 Å². The molecule has 0 bridgehead atoms. The van der Waals surface area contributed by atoms with Crippen molar-refractivity contribution in [3.8, 4) is 6.07 Å². The first kappa shape index (κ1) is 11.8. The second-order valence-electron chi connectivity index (χ2n) is 2.65. The molecule has 0 spiro atoms. The Balaban J connectivity index is 3.59. The molecule has 0 fully saturated rings. The highest BCUT2D eigenvalue weighted by molar-refractivity contribution is 14.1. The quantitative estimate of drug-likeness (QED) is 0.582. The van der Waals surface area contributed by atoms with Gasteiger partial charge in [0.2, 0.25) is 0 Å². The van der Waals surface area contributed by atoms with Crippen LogP contribution in [0.25, 0.3) is 0 Å². The fraction of sp³-hybridized carbons (Fsp3) is 0.125. The summed E-state index contributed by atoms with van der Waals surface area (Å²) in [5.74, 6) is 0. The topological polar surface area (TPSA) is 57.9 Å². The molecule has 74 valence electrons. The molecule has 0 atom stereocenters. The van der Waals surface area contributed by atoms with E-state index < -0.39 is 9.05 Å². The van der Waals surface area contributed by atoms with E-state index in [-0.39, 0.29) is 4.90 Å². The molecule has 1 aromatic carbocycles. The van der Waals surface area contributed by atoms with Crippen molar-refractivity contribution in [3.05, 3.63) is 26.8 Å². The van der Waals surface area contributed by atoms with Gasteiger partial charge in [0.05, 0.1) is 16.5 Å². The Morgan fingerprint density at radius 2 is 2.07 bits per heavy atom. The number of nitriles is 1. The maximum absolute atomic E-state index is 11.2. The summed E-state index contributed by atoms with van der Waals surface area (Å²) in [6.45, 7) is 1.61. The lowest BCUT2D eigenvalue weighted by Crippen LogP contribution is -1.99. The van der Waals surface area contributed by atoms with Gasteiger partial charge in [-0.05, 0) is 47.2 Å². The van der Waals surface area contributed by atoms with E-state index >= 15 is 0 Å². The minimum absolute atomic E-state index is 0.0822. The molecule has 14 heavy (non-hydrogen) atoms.